The van der Waals surface area contributed by atoms with Crippen LogP contribution in [0.4, 0.5) is 5.69 Å². The lowest BCUT2D eigenvalue weighted by molar-refractivity contribution is -0.384. The molecule has 13 nitrogen and oxygen atoms in total. The Kier molecular flexibility index (Phi) is 15.3. The van der Waals surface area contributed by atoms with Crippen LogP contribution >= 0.6 is 0 Å². The summed E-state index contributed by atoms with van der Waals surface area (Å²) < 4.78 is 20.8. The first-order valence-electron chi connectivity index (χ1n) is 22.2. The number of nitriles is 1. The predicted molar refractivity (Wildman–Crippen MR) is 242 cm³/mol. The summed E-state index contributed by atoms with van der Waals surface area (Å²) in [5, 5.41) is 46.1. The Morgan fingerprint density at radius 1 is 1.00 bits per heavy atom. The molecule has 0 spiro atoms. The summed E-state index contributed by atoms with van der Waals surface area (Å²) in [7, 11) is 0. The van der Waals surface area contributed by atoms with E-state index in [2.05, 4.69) is 18.7 Å². The fraction of sp³-hybridized carbons (Fsp3) is 0.392. The minimum atomic E-state index is -1.47. The second kappa shape index (κ2) is 21.4. The highest BCUT2D eigenvalue weighted by Crippen LogP contribution is 2.62. The number of allylic oxidation sites excluding steroid dienone is 1. The van der Waals surface area contributed by atoms with E-state index in [9.17, 15) is 30.4 Å². The Bertz CT molecular complexity index is 2360. The van der Waals surface area contributed by atoms with Crippen LogP contribution in [-0.4, -0.2) is 69.8 Å². The predicted octanol–water partition coefficient (Wildman–Crippen LogP) is 9.64. The number of rotatable bonds is 21. The lowest BCUT2D eigenvalue weighted by Crippen LogP contribution is -2.70. The number of hydrogen-bond acceptors (Lipinski definition) is 11. The van der Waals surface area contributed by atoms with Crippen LogP contribution in [0.3, 0.4) is 0 Å². The lowest BCUT2D eigenvalue weighted by atomic mass is 9.55. The minimum Gasteiger partial charge on any atom is -0.459 e. The van der Waals surface area contributed by atoms with Gasteiger partial charge in [0.15, 0.2) is 0 Å². The molecule has 1 fully saturated rings. The monoisotopic (exact) mass is 868 g/mol. The zero-order valence-electron chi connectivity index (χ0n) is 36.2. The first-order valence-corrected chi connectivity index (χ1v) is 22.2. The van der Waals surface area contributed by atoms with Crippen LogP contribution in [0.2, 0.25) is 0 Å². The molecule has 1 heterocycles. The number of oxime groups is 1. The van der Waals surface area contributed by atoms with Crippen molar-refractivity contribution >= 4 is 17.3 Å². The van der Waals surface area contributed by atoms with E-state index < -0.39 is 22.7 Å². The van der Waals surface area contributed by atoms with E-state index in [0.29, 0.717) is 59.9 Å². The average molecular weight is 869 g/mol. The van der Waals surface area contributed by atoms with E-state index in [1.165, 1.54) is 12.1 Å². The number of nitrogens with zero attached hydrogens (tertiary/aromatic N) is 4. The molecule has 0 bridgehead atoms. The van der Waals surface area contributed by atoms with Gasteiger partial charge in [0, 0.05) is 49.3 Å². The van der Waals surface area contributed by atoms with Crippen LogP contribution in [0.25, 0.3) is 0 Å². The maximum absolute atomic E-state index is 15.0. The molecule has 13 heteroatoms. The molecule has 0 radical (unpaired) electrons. The van der Waals surface area contributed by atoms with Gasteiger partial charge in [-0.05, 0) is 104 Å². The maximum atomic E-state index is 15.0. The molecular weight excluding hydrogens is 813 g/mol. The van der Waals surface area contributed by atoms with Gasteiger partial charge in [-0.15, -0.1) is 6.58 Å². The van der Waals surface area contributed by atoms with Crippen LogP contribution in [-0.2, 0) is 16.2 Å². The molecule has 4 aromatic rings. The molecule has 64 heavy (non-hydrogen) atoms. The standard InChI is InChI=1S/C51H56N4O9/c1-3-25-54(50(58)37-21-19-35(33-52)20-22-37)47-32-45(53-62-34-36-13-6-5-7-14-36)43-29-38(15-8-10-26-56)42(18-9-11-27-57)48-44-31-41(63-40-17-12-16-39(30-40)55(59)60)23-24-46(44)64-51(47,49(43)48)61-28-4-2/h4-7,12-14,16-17,19-24,29-31,38,42,47-49,56-57H,2-3,8-11,15,18,25-28,32,34H2,1H3/t38-,42+,47-,48+,49+,51+/m0/s1. The molecule has 2 aliphatic carbocycles. The first-order chi connectivity index (χ1) is 31.2. The van der Waals surface area contributed by atoms with Crippen molar-refractivity contribution in [2.24, 2.45) is 22.9 Å². The zero-order valence-corrected chi connectivity index (χ0v) is 36.2. The number of unbranched alkanes of at least 4 members (excludes halogenated alkanes) is 2. The summed E-state index contributed by atoms with van der Waals surface area (Å²) in [6.45, 7) is 6.83. The van der Waals surface area contributed by atoms with Crippen LogP contribution in [0.15, 0.2) is 127 Å². The number of non-ortho nitro benzene ring substituents is 1. The van der Waals surface area contributed by atoms with Crippen molar-refractivity contribution in [2.45, 2.75) is 82.6 Å². The number of fused-ring (bicyclic) bond motifs is 2. The maximum Gasteiger partial charge on any atom is 0.273 e. The summed E-state index contributed by atoms with van der Waals surface area (Å²) >= 11 is 0. The van der Waals surface area contributed by atoms with Gasteiger partial charge in [0.05, 0.1) is 40.9 Å². The number of nitro benzene ring substituents is 1. The van der Waals surface area contributed by atoms with Gasteiger partial charge in [-0.25, -0.2) is 0 Å². The zero-order chi connectivity index (χ0) is 45.1. The quantitative estimate of drug-likeness (QED) is 0.0355. The number of nitro groups is 1. The van der Waals surface area contributed by atoms with Gasteiger partial charge in [-0.3, -0.25) is 14.9 Å². The molecule has 1 amide bonds. The summed E-state index contributed by atoms with van der Waals surface area (Å²) in [6.07, 6.45) is 9.10. The van der Waals surface area contributed by atoms with E-state index in [1.807, 2.05) is 54.3 Å². The van der Waals surface area contributed by atoms with Gasteiger partial charge >= 0.3 is 0 Å². The smallest absolute Gasteiger partial charge is 0.273 e. The Hall–Kier alpha value is -6.33. The molecule has 4 aromatic carbocycles. The van der Waals surface area contributed by atoms with Gasteiger partial charge in [-0.1, -0.05) is 73.5 Å². The summed E-state index contributed by atoms with van der Waals surface area (Å²) in [5.74, 6) is -1.29. The van der Waals surface area contributed by atoms with Gasteiger partial charge in [0.25, 0.3) is 11.6 Å². The third-order valence-electron chi connectivity index (χ3n) is 12.5. The molecule has 0 aromatic heterocycles. The molecule has 6 atom stereocenters. The fourth-order valence-corrected chi connectivity index (χ4v) is 9.76. The highest BCUT2D eigenvalue weighted by Gasteiger charge is 2.65. The SMILES string of the molecule is C=CCO[C@@]12Oc3ccc(Oc4cccc([N+](=O)[O-])c4)cc3[C@H]3[C@H](CCCCO)[C@@H](CCCCO)C=C(C(=NOCc4ccccc4)C[C@@H]1N(CCC)C(=O)c1ccc(C#N)cc1)[C@H]32. The molecule has 2 N–H and O–H groups in total. The molecular formula is C51H56N4O9. The minimum absolute atomic E-state index is 0.00814. The van der Waals surface area contributed by atoms with Gasteiger partial charge < -0.3 is 34.2 Å². The van der Waals surface area contributed by atoms with E-state index in [1.54, 1.807) is 48.5 Å². The van der Waals surface area contributed by atoms with Crippen molar-refractivity contribution in [1.82, 2.24) is 4.90 Å². The highest BCUT2D eigenvalue weighted by atomic mass is 16.7. The average Bonchev–Trinajstić information content (AvgIpc) is 3.32. The molecule has 1 aliphatic heterocycles. The summed E-state index contributed by atoms with van der Waals surface area (Å²) in [5.41, 5.74) is 4.11. The molecule has 0 unspecified atom stereocenters. The van der Waals surface area contributed by atoms with Crippen molar-refractivity contribution in [3.63, 3.8) is 0 Å². The van der Waals surface area contributed by atoms with Crippen LogP contribution in [0.5, 0.6) is 17.2 Å². The number of aliphatic hydroxyl groups excluding tert-OH is 2. The second-order valence-electron chi connectivity index (χ2n) is 16.6. The highest BCUT2D eigenvalue weighted by molar-refractivity contribution is 6.03. The van der Waals surface area contributed by atoms with Crippen LogP contribution in [0.1, 0.15) is 91.3 Å². The van der Waals surface area contributed by atoms with Gasteiger partial charge in [0.1, 0.15) is 29.9 Å². The first kappa shape index (κ1) is 45.7. The van der Waals surface area contributed by atoms with Crippen molar-refractivity contribution < 1.29 is 39.0 Å². The number of carbonyl (C=O) groups excluding carboxylic acids is 1. The summed E-state index contributed by atoms with van der Waals surface area (Å²) in [6, 6.07) is 29.4. The Balaban J connectivity index is 1.45. The van der Waals surface area contributed by atoms with Gasteiger partial charge in [-0.2, -0.15) is 5.26 Å². The van der Waals surface area contributed by atoms with Crippen LogP contribution < -0.4 is 9.47 Å². The Labute approximate surface area is 374 Å². The van der Waals surface area contributed by atoms with E-state index in [4.69, 9.17) is 24.2 Å². The number of ether oxygens (including phenoxy) is 3. The van der Waals surface area contributed by atoms with Crippen molar-refractivity contribution in [1.29, 1.82) is 5.26 Å². The number of aliphatic hydroxyl groups is 2. The van der Waals surface area contributed by atoms with Crippen molar-refractivity contribution in [3.05, 3.63) is 154 Å². The number of carbonyl (C=O) groups is 1. The number of amides is 1. The molecule has 7 rings (SSSR count). The molecule has 3 aliphatic rings. The Morgan fingerprint density at radius 3 is 2.45 bits per heavy atom. The fourth-order valence-electron chi connectivity index (χ4n) is 9.76. The third kappa shape index (κ3) is 9.90. The number of benzene rings is 4. The third-order valence-corrected chi connectivity index (χ3v) is 12.5. The van der Waals surface area contributed by atoms with E-state index in [0.717, 1.165) is 42.4 Å². The van der Waals surface area contributed by atoms with Crippen molar-refractivity contribution in [2.75, 3.05) is 26.4 Å². The normalized spacial score (nSPS) is 22.5. The Morgan fingerprint density at radius 2 is 1.75 bits per heavy atom. The molecule has 1 saturated carbocycles. The van der Waals surface area contributed by atoms with Crippen molar-refractivity contribution in [3.8, 4) is 23.3 Å². The molecule has 0 saturated heterocycles. The largest absolute Gasteiger partial charge is 0.459 e. The van der Waals surface area contributed by atoms with E-state index >= 15 is 0 Å². The van der Waals surface area contributed by atoms with Gasteiger partial charge in [0.2, 0.25) is 5.79 Å². The number of hydrogen-bond donors (Lipinski definition) is 2. The second-order valence-corrected chi connectivity index (χ2v) is 16.6. The lowest BCUT2D eigenvalue weighted by Gasteiger charge is -2.60. The topological polar surface area (TPSA) is 177 Å². The molecule has 334 valence electrons. The summed E-state index contributed by atoms with van der Waals surface area (Å²) in [4.78, 5) is 34.2. The van der Waals surface area contributed by atoms with Crippen LogP contribution in [0, 0.1) is 39.2 Å². The van der Waals surface area contributed by atoms with E-state index in [-0.39, 0.29) is 62.2 Å².